The maximum Gasteiger partial charge on any atom is 0.410 e. The van der Waals surface area contributed by atoms with E-state index in [9.17, 15) is 14.7 Å². The number of ether oxygens (including phenoxy) is 1. The maximum atomic E-state index is 15.9. The van der Waals surface area contributed by atoms with Crippen LogP contribution in [0.25, 0.3) is 34.2 Å². The van der Waals surface area contributed by atoms with Crippen molar-refractivity contribution in [2.75, 3.05) is 24.5 Å². The molecule has 48 heavy (non-hydrogen) atoms. The summed E-state index contributed by atoms with van der Waals surface area (Å²) in [6.07, 6.45) is 4.00. The summed E-state index contributed by atoms with van der Waals surface area (Å²) < 4.78 is 37.6. The first-order valence-electron chi connectivity index (χ1n) is 15.3. The molecule has 13 heteroatoms. The average molecular weight is 658 g/mol. The van der Waals surface area contributed by atoms with E-state index in [0.717, 1.165) is 16.7 Å². The van der Waals surface area contributed by atoms with E-state index < -0.39 is 46.0 Å². The second-order valence-electron chi connectivity index (χ2n) is 12.4. The first-order valence-corrected chi connectivity index (χ1v) is 15.3. The number of carbonyl (C=O) groups is 1. The number of allylic oxidation sites excluding steroid dienone is 2. The van der Waals surface area contributed by atoms with Crippen molar-refractivity contribution in [1.82, 2.24) is 19.4 Å². The van der Waals surface area contributed by atoms with Crippen molar-refractivity contribution in [3.8, 4) is 17.0 Å². The molecule has 0 radical (unpaired) electrons. The third-order valence-corrected chi connectivity index (χ3v) is 7.48. The van der Waals surface area contributed by atoms with Gasteiger partial charge in [-0.05, 0) is 58.9 Å². The fourth-order valence-electron chi connectivity index (χ4n) is 5.29. The number of aromatic hydroxyl groups is 1. The van der Waals surface area contributed by atoms with Gasteiger partial charge in [0, 0.05) is 49.4 Å². The topological polar surface area (TPSA) is 139 Å². The van der Waals surface area contributed by atoms with Crippen LogP contribution >= 0.6 is 0 Å². The Labute approximate surface area is 276 Å². The summed E-state index contributed by atoms with van der Waals surface area (Å²) in [6.45, 7) is 9.65. The summed E-state index contributed by atoms with van der Waals surface area (Å²) in [7, 11) is 0. The van der Waals surface area contributed by atoms with E-state index in [1.54, 1.807) is 67.8 Å². The Morgan fingerprint density at radius 2 is 1.81 bits per heavy atom. The van der Waals surface area contributed by atoms with Gasteiger partial charge in [0.1, 0.15) is 28.7 Å². The smallest absolute Gasteiger partial charge is 0.410 e. The number of halogens is 2. The van der Waals surface area contributed by atoms with E-state index in [0.29, 0.717) is 17.0 Å². The van der Waals surface area contributed by atoms with E-state index in [2.05, 4.69) is 15.0 Å². The highest BCUT2D eigenvalue weighted by Crippen LogP contribution is 2.36. The molecule has 3 N–H and O–H groups in total. The second-order valence-corrected chi connectivity index (χ2v) is 12.4. The lowest BCUT2D eigenvalue weighted by atomic mass is 10.1. The predicted octanol–water partition coefficient (Wildman–Crippen LogP) is 5.78. The number of hydrogen-bond donors (Lipinski definition) is 2. The van der Waals surface area contributed by atoms with Gasteiger partial charge in [0.25, 0.3) is 0 Å². The number of pyridine rings is 1. The number of nitrogens with zero attached hydrogens (tertiary/aromatic N) is 6. The van der Waals surface area contributed by atoms with Crippen LogP contribution in [0, 0.1) is 11.6 Å². The van der Waals surface area contributed by atoms with Gasteiger partial charge in [-0.15, -0.1) is 0 Å². The first-order chi connectivity index (χ1) is 22.7. The monoisotopic (exact) mass is 657 g/mol. The number of carbonyl (C=O) groups excluding carboxylic acids is 1. The van der Waals surface area contributed by atoms with Crippen molar-refractivity contribution in [1.29, 1.82) is 0 Å². The summed E-state index contributed by atoms with van der Waals surface area (Å²) in [4.78, 5) is 43.4. The molecule has 1 saturated heterocycles. The molecule has 1 amide bonds. The maximum absolute atomic E-state index is 15.9. The van der Waals surface area contributed by atoms with Crippen LogP contribution in [0.4, 0.5) is 19.4 Å². The highest BCUT2D eigenvalue weighted by Gasteiger charge is 2.32. The Morgan fingerprint density at radius 3 is 2.46 bits per heavy atom. The largest absolute Gasteiger partial charge is 0.507 e. The van der Waals surface area contributed by atoms with Gasteiger partial charge in [-0.3, -0.25) is 4.99 Å². The minimum absolute atomic E-state index is 0.0556. The lowest BCUT2D eigenvalue weighted by molar-refractivity contribution is 0.0218. The number of phenolic OH excluding ortho intramolecular Hbond substituents is 1. The minimum Gasteiger partial charge on any atom is -0.507 e. The number of piperazine rings is 1. The van der Waals surface area contributed by atoms with Crippen LogP contribution in [0.1, 0.15) is 40.2 Å². The van der Waals surface area contributed by atoms with Gasteiger partial charge in [0.05, 0.1) is 16.6 Å². The number of benzene rings is 2. The zero-order chi connectivity index (χ0) is 34.7. The molecule has 3 heterocycles. The zero-order valence-corrected chi connectivity index (χ0v) is 27.3. The third-order valence-electron chi connectivity index (χ3n) is 7.48. The van der Waals surface area contributed by atoms with Crippen LogP contribution in [-0.2, 0) is 4.74 Å². The van der Waals surface area contributed by atoms with Crippen LogP contribution in [-0.4, -0.2) is 68.1 Å². The van der Waals surface area contributed by atoms with Crippen LogP contribution < -0.4 is 16.3 Å². The fraction of sp³-hybridized carbons (Fsp3) is 0.286. The highest BCUT2D eigenvalue weighted by atomic mass is 19.1. The second kappa shape index (κ2) is 13.6. The molecule has 1 fully saturated rings. The minimum atomic E-state index is -0.940. The molecule has 250 valence electrons. The van der Waals surface area contributed by atoms with E-state index in [-0.39, 0.29) is 42.5 Å². The molecular weight excluding hydrogens is 620 g/mol. The molecule has 0 saturated carbocycles. The standard InChI is InChI=1S/C35H37F2N7O4/c1-21(38)14-15-39-27(23-10-7-6-8-11-23)20-44-31-24(18-26(37)30(40-31)29-25(36)12-9-13-28(29)45)32(41-33(44)46)43-17-16-42(19-22(43)2)34(47)48-35(3,4)5/h6-15,18,20,22,45H,16-17,19,38H2,1-5H3/b21-14-,27-20+,39-15-/t22-/m0/s1. The van der Waals surface area contributed by atoms with Gasteiger partial charge in [-0.25, -0.2) is 27.9 Å². The molecule has 1 atom stereocenters. The highest BCUT2D eigenvalue weighted by molar-refractivity contribution is 5.93. The first kappa shape index (κ1) is 33.8. The number of nitrogens with two attached hydrogens (primary N) is 1. The lowest BCUT2D eigenvalue weighted by Crippen LogP contribution is -2.55. The number of aliphatic imine (C=N–C) groups is 1. The number of anilines is 1. The Kier molecular flexibility index (Phi) is 9.59. The number of fused-ring (bicyclic) bond motifs is 1. The Hall–Kier alpha value is -5.59. The van der Waals surface area contributed by atoms with Crippen molar-refractivity contribution in [3.63, 3.8) is 0 Å². The molecular formula is C35H37F2N7O4. The normalized spacial score (nSPS) is 16.2. The van der Waals surface area contributed by atoms with Crippen molar-refractivity contribution in [3.05, 3.63) is 94.1 Å². The number of hydrogen-bond acceptors (Lipinski definition) is 9. The average Bonchev–Trinajstić information content (AvgIpc) is 3.01. The number of phenols is 1. The van der Waals surface area contributed by atoms with E-state index in [4.69, 9.17) is 10.5 Å². The summed E-state index contributed by atoms with van der Waals surface area (Å²) in [5.74, 6) is -2.22. The van der Waals surface area contributed by atoms with E-state index >= 15 is 8.78 Å². The van der Waals surface area contributed by atoms with Crippen LogP contribution in [0.2, 0.25) is 0 Å². The van der Waals surface area contributed by atoms with Crippen molar-refractivity contribution < 1.29 is 23.4 Å². The Morgan fingerprint density at radius 1 is 1.08 bits per heavy atom. The van der Waals surface area contributed by atoms with Gasteiger partial charge in [0.15, 0.2) is 11.5 Å². The summed E-state index contributed by atoms with van der Waals surface area (Å²) in [5, 5.41) is 10.7. The zero-order valence-electron chi connectivity index (χ0n) is 27.3. The number of aromatic nitrogens is 3. The summed E-state index contributed by atoms with van der Waals surface area (Å²) in [5.41, 5.74) is 4.81. The molecule has 0 bridgehead atoms. The lowest BCUT2D eigenvalue weighted by Gasteiger charge is -2.41. The quantitative estimate of drug-likeness (QED) is 0.249. The SMILES string of the molecule is C/C(N)=C/C=N\C(=C\n1c(=O)nc(N2CCN(C(=O)OC(C)(C)C)C[C@@H]2C)c2cc(F)c(-c3c(O)cccc3F)nc21)c1ccccc1. The van der Waals surface area contributed by atoms with E-state index in [1.807, 2.05) is 13.0 Å². The Bertz CT molecular complexity index is 1980. The Balaban J connectivity index is 1.72. The predicted molar refractivity (Wildman–Crippen MR) is 182 cm³/mol. The molecule has 2 aromatic carbocycles. The fourth-order valence-corrected chi connectivity index (χ4v) is 5.29. The molecule has 11 nitrogen and oxygen atoms in total. The molecule has 0 unspecified atom stereocenters. The van der Waals surface area contributed by atoms with Crippen LogP contribution in [0.5, 0.6) is 5.75 Å². The molecule has 0 aliphatic carbocycles. The van der Waals surface area contributed by atoms with Gasteiger partial charge < -0.3 is 25.4 Å². The summed E-state index contributed by atoms with van der Waals surface area (Å²) >= 11 is 0. The molecule has 2 aromatic heterocycles. The number of amides is 1. The van der Waals surface area contributed by atoms with Gasteiger partial charge >= 0.3 is 11.8 Å². The molecule has 1 aliphatic rings. The van der Waals surface area contributed by atoms with Crippen LogP contribution in [0.15, 0.2) is 76.2 Å². The summed E-state index contributed by atoms with van der Waals surface area (Å²) in [6, 6.07) is 13.4. The van der Waals surface area contributed by atoms with Crippen molar-refractivity contribution in [2.24, 2.45) is 10.7 Å². The van der Waals surface area contributed by atoms with Gasteiger partial charge in [0.2, 0.25) is 0 Å². The molecule has 1 aliphatic heterocycles. The van der Waals surface area contributed by atoms with Gasteiger partial charge in [-0.2, -0.15) is 4.98 Å². The van der Waals surface area contributed by atoms with Crippen LogP contribution in [0.3, 0.4) is 0 Å². The third kappa shape index (κ3) is 7.35. The molecule has 5 rings (SSSR count). The van der Waals surface area contributed by atoms with E-state index in [1.165, 1.54) is 24.5 Å². The van der Waals surface area contributed by atoms with Gasteiger partial charge in [-0.1, -0.05) is 36.4 Å². The number of rotatable bonds is 6. The molecule has 0 spiro atoms. The van der Waals surface area contributed by atoms with Crippen molar-refractivity contribution >= 4 is 41.1 Å². The molecule has 4 aromatic rings. The van der Waals surface area contributed by atoms with Crippen molar-refractivity contribution in [2.45, 2.75) is 46.3 Å².